The summed E-state index contributed by atoms with van der Waals surface area (Å²) in [6.07, 6.45) is 1.68. The van der Waals surface area contributed by atoms with Crippen LogP contribution in [-0.2, 0) is 11.3 Å². The normalized spacial score (nSPS) is 10.9. The summed E-state index contributed by atoms with van der Waals surface area (Å²) in [5, 5.41) is 0.562. The number of benzene rings is 2. The second kappa shape index (κ2) is 8.59. The molecule has 0 unspecified atom stereocenters. The lowest BCUT2D eigenvalue weighted by atomic mass is 10.1. The summed E-state index contributed by atoms with van der Waals surface area (Å²) < 4.78 is 20.3. The molecule has 0 bridgehead atoms. The lowest BCUT2D eigenvalue weighted by Crippen LogP contribution is -2.34. The van der Waals surface area contributed by atoms with E-state index >= 15 is 0 Å². The molecule has 0 fully saturated rings. The van der Waals surface area contributed by atoms with Crippen LogP contribution >= 0.6 is 11.3 Å². The molecule has 4 aromatic rings. The molecule has 0 spiro atoms. The summed E-state index contributed by atoms with van der Waals surface area (Å²) in [7, 11) is 0. The highest BCUT2D eigenvalue weighted by molar-refractivity contribution is 7.22. The molecule has 0 aliphatic heterocycles. The third-order valence-corrected chi connectivity index (χ3v) is 5.80. The van der Waals surface area contributed by atoms with Gasteiger partial charge in [0.05, 0.1) is 22.5 Å². The fourth-order valence-electron chi connectivity index (χ4n) is 3.18. The average Bonchev–Trinajstić information content (AvgIpc) is 3.16. The Hall–Kier alpha value is -3.32. The van der Waals surface area contributed by atoms with Crippen LogP contribution in [0.25, 0.3) is 10.2 Å². The Labute approximate surface area is 177 Å². The number of hydrogen-bond donors (Lipinski definition) is 0. The van der Waals surface area contributed by atoms with Gasteiger partial charge in [0.2, 0.25) is 0 Å². The maximum absolute atomic E-state index is 13.9. The smallest absolute Gasteiger partial charge is 0.267 e. The van der Waals surface area contributed by atoms with Crippen LogP contribution in [0.4, 0.5) is 9.52 Å². The number of halogens is 1. The lowest BCUT2D eigenvalue weighted by molar-refractivity contribution is -0.120. The number of nitrogens with zero attached hydrogens (tertiary/aromatic N) is 3. The topological polar surface area (TPSA) is 55.3 Å². The van der Waals surface area contributed by atoms with Gasteiger partial charge in [0.1, 0.15) is 0 Å². The van der Waals surface area contributed by atoms with Gasteiger partial charge in [0, 0.05) is 6.20 Å². The Morgan fingerprint density at radius 1 is 1.13 bits per heavy atom. The molecule has 0 radical (unpaired) electrons. The summed E-state index contributed by atoms with van der Waals surface area (Å²) in [4.78, 5) is 23.6. The standard InChI is InChI=1S/C23H20FN3O2S/c1-15-11-16(2)22-19(12-15)26-23(30-22)27(13-17-7-5-6-10-25-17)21(28)14-29-20-9-4-3-8-18(20)24/h3-12H,13-14H2,1-2H3. The van der Waals surface area contributed by atoms with Gasteiger partial charge in [-0.25, -0.2) is 9.37 Å². The number of para-hydroxylation sites is 1. The average molecular weight is 421 g/mol. The van der Waals surface area contributed by atoms with Gasteiger partial charge in [-0.3, -0.25) is 14.7 Å². The molecule has 30 heavy (non-hydrogen) atoms. The highest BCUT2D eigenvalue weighted by atomic mass is 32.1. The highest BCUT2D eigenvalue weighted by Gasteiger charge is 2.22. The van der Waals surface area contributed by atoms with Gasteiger partial charge in [-0.05, 0) is 55.3 Å². The number of rotatable bonds is 6. The molecule has 0 atom stereocenters. The van der Waals surface area contributed by atoms with Crippen molar-refractivity contribution in [2.75, 3.05) is 11.5 Å². The van der Waals surface area contributed by atoms with Crippen molar-refractivity contribution in [2.45, 2.75) is 20.4 Å². The zero-order chi connectivity index (χ0) is 21.1. The first kappa shape index (κ1) is 20.0. The van der Waals surface area contributed by atoms with Crippen LogP contribution in [0.2, 0.25) is 0 Å². The van der Waals surface area contributed by atoms with Crippen molar-refractivity contribution < 1.29 is 13.9 Å². The fourth-order valence-corrected chi connectivity index (χ4v) is 4.21. The van der Waals surface area contributed by atoms with Gasteiger partial charge in [-0.1, -0.05) is 35.6 Å². The SMILES string of the molecule is Cc1cc(C)c2sc(N(Cc3ccccn3)C(=O)COc3ccccc3F)nc2c1. The summed E-state index contributed by atoms with van der Waals surface area (Å²) in [6, 6.07) is 15.7. The molecule has 0 aliphatic rings. The van der Waals surface area contributed by atoms with Crippen molar-refractivity contribution in [3.8, 4) is 5.75 Å². The Kier molecular flexibility index (Phi) is 5.72. The van der Waals surface area contributed by atoms with E-state index in [1.807, 2.05) is 38.1 Å². The molecule has 0 saturated heterocycles. The Bertz CT molecular complexity index is 1190. The number of hydrogen-bond acceptors (Lipinski definition) is 5. The van der Waals surface area contributed by atoms with Crippen molar-refractivity contribution in [3.05, 3.63) is 83.4 Å². The number of anilines is 1. The third-order valence-electron chi connectivity index (χ3n) is 4.57. The third kappa shape index (κ3) is 4.31. The van der Waals surface area contributed by atoms with E-state index in [4.69, 9.17) is 9.72 Å². The number of aryl methyl sites for hydroxylation is 2. The second-order valence-electron chi connectivity index (χ2n) is 6.95. The number of ether oxygens (including phenoxy) is 1. The molecule has 1 amide bonds. The first-order valence-electron chi connectivity index (χ1n) is 9.46. The largest absolute Gasteiger partial charge is 0.481 e. The van der Waals surface area contributed by atoms with Crippen LogP contribution in [0.5, 0.6) is 5.75 Å². The summed E-state index contributed by atoms with van der Waals surface area (Å²) in [5.41, 5.74) is 3.80. The minimum atomic E-state index is -0.507. The predicted molar refractivity (Wildman–Crippen MR) is 116 cm³/mol. The van der Waals surface area contributed by atoms with Gasteiger partial charge in [-0.15, -0.1) is 0 Å². The molecule has 2 heterocycles. The number of carbonyl (C=O) groups excluding carboxylic acids is 1. The van der Waals surface area contributed by atoms with Gasteiger partial charge in [0.25, 0.3) is 5.91 Å². The number of carbonyl (C=O) groups is 1. The molecular weight excluding hydrogens is 401 g/mol. The number of fused-ring (bicyclic) bond motifs is 1. The molecule has 0 saturated carbocycles. The minimum absolute atomic E-state index is 0.0411. The van der Waals surface area contributed by atoms with E-state index in [1.165, 1.54) is 23.5 Å². The summed E-state index contributed by atoms with van der Waals surface area (Å²) in [5.74, 6) is -0.788. The van der Waals surface area contributed by atoms with Crippen LogP contribution in [0.1, 0.15) is 16.8 Å². The first-order valence-corrected chi connectivity index (χ1v) is 10.3. The van der Waals surface area contributed by atoms with Gasteiger partial charge >= 0.3 is 0 Å². The number of thiazole rings is 1. The van der Waals surface area contributed by atoms with Gasteiger partial charge in [-0.2, -0.15) is 0 Å². The molecule has 2 aromatic carbocycles. The van der Waals surface area contributed by atoms with Crippen LogP contribution in [0.3, 0.4) is 0 Å². The molecule has 4 rings (SSSR count). The Morgan fingerprint density at radius 2 is 1.93 bits per heavy atom. The van der Waals surface area contributed by atoms with E-state index in [9.17, 15) is 9.18 Å². The first-order chi connectivity index (χ1) is 14.5. The van der Waals surface area contributed by atoms with Gasteiger partial charge < -0.3 is 4.74 Å². The lowest BCUT2D eigenvalue weighted by Gasteiger charge is -2.19. The molecule has 5 nitrogen and oxygen atoms in total. The molecule has 0 aliphatic carbocycles. The maximum atomic E-state index is 13.9. The predicted octanol–water partition coefficient (Wildman–Crippen LogP) is 5.06. The second-order valence-corrected chi connectivity index (χ2v) is 7.92. The van der Waals surface area contributed by atoms with Crippen molar-refractivity contribution >= 4 is 32.6 Å². The minimum Gasteiger partial charge on any atom is -0.481 e. The van der Waals surface area contributed by atoms with Crippen molar-refractivity contribution in [1.82, 2.24) is 9.97 Å². The van der Waals surface area contributed by atoms with Crippen LogP contribution in [0.15, 0.2) is 60.8 Å². The van der Waals surface area contributed by atoms with E-state index in [0.717, 1.165) is 27.0 Å². The summed E-state index contributed by atoms with van der Waals surface area (Å²) >= 11 is 1.45. The van der Waals surface area contributed by atoms with Crippen molar-refractivity contribution in [1.29, 1.82) is 0 Å². The zero-order valence-electron chi connectivity index (χ0n) is 16.6. The monoisotopic (exact) mass is 421 g/mol. The van der Waals surface area contributed by atoms with Crippen molar-refractivity contribution in [3.63, 3.8) is 0 Å². The van der Waals surface area contributed by atoms with E-state index in [-0.39, 0.29) is 24.8 Å². The molecule has 2 aromatic heterocycles. The zero-order valence-corrected chi connectivity index (χ0v) is 17.4. The molecule has 0 N–H and O–H groups in total. The maximum Gasteiger partial charge on any atom is 0.267 e. The Morgan fingerprint density at radius 3 is 2.70 bits per heavy atom. The van der Waals surface area contributed by atoms with E-state index in [0.29, 0.717) is 5.13 Å². The number of pyridine rings is 1. The van der Waals surface area contributed by atoms with Crippen LogP contribution in [0, 0.1) is 19.7 Å². The molecular formula is C23H20FN3O2S. The molecule has 7 heteroatoms. The number of amides is 1. The van der Waals surface area contributed by atoms with Crippen LogP contribution < -0.4 is 9.64 Å². The van der Waals surface area contributed by atoms with E-state index < -0.39 is 5.82 Å². The fraction of sp³-hybridized carbons (Fsp3) is 0.174. The van der Waals surface area contributed by atoms with Gasteiger partial charge in [0.15, 0.2) is 23.3 Å². The van der Waals surface area contributed by atoms with E-state index in [1.54, 1.807) is 23.2 Å². The highest BCUT2D eigenvalue weighted by Crippen LogP contribution is 2.33. The number of aromatic nitrogens is 2. The van der Waals surface area contributed by atoms with Crippen molar-refractivity contribution in [2.24, 2.45) is 0 Å². The van der Waals surface area contributed by atoms with E-state index in [2.05, 4.69) is 11.1 Å². The Balaban J connectivity index is 1.65. The van der Waals surface area contributed by atoms with Crippen LogP contribution in [-0.4, -0.2) is 22.5 Å². The quantitative estimate of drug-likeness (QED) is 0.437. The molecule has 152 valence electrons. The summed E-state index contributed by atoms with van der Waals surface area (Å²) in [6.45, 7) is 3.99.